The first-order valence-electron chi connectivity index (χ1n) is 12.6. The second-order valence-electron chi connectivity index (χ2n) is 10.2. The number of hydrogen-bond donors (Lipinski definition) is 1. The van der Waals surface area contributed by atoms with Gasteiger partial charge in [0.25, 0.3) is 5.91 Å². The van der Waals surface area contributed by atoms with Gasteiger partial charge in [0.1, 0.15) is 18.7 Å². The first kappa shape index (κ1) is 22.8. The molecule has 1 aliphatic carbocycles. The van der Waals surface area contributed by atoms with Gasteiger partial charge in [0, 0.05) is 30.0 Å². The topological polar surface area (TPSA) is 91.3 Å². The van der Waals surface area contributed by atoms with Gasteiger partial charge >= 0.3 is 0 Å². The third-order valence-electron chi connectivity index (χ3n) is 7.96. The second-order valence-corrected chi connectivity index (χ2v) is 11.0. The number of hydrogen-bond acceptors (Lipinski definition) is 7. The highest BCUT2D eigenvalue weighted by molar-refractivity contribution is 8.16. The summed E-state index contributed by atoms with van der Waals surface area (Å²) in [5, 5.41) is 6.19. The van der Waals surface area contributed by atoms with Crippen LogP contribution in [-0.2, 0) is 14.3 Å². The average molecular weight is 495 g/mol. The van der Waals surface area contributed by atoms with Crippen LogP contribution in [0.2, 0.25) is 0 Å². The molecule has 8 nitrogen and oxygen atoms in total. The third-order valence-corrected chi connectivity index (χ3v) is 8.86. The number of carbonyl (C=O) groups is 3. The maximum absolute atomic E-state index is 13.7. The van der Waals surface area contributed by atoms with Crippen molar-refractivity contribution < 1.29 is 19.1 Å². The van der Waals surface area contributed by atoms with Crippen molar-refractivity contribution in [3.63, 3.8) is 0 Å². The SMILES string of the molecule is C[C@@H]1CN(C(=O)C(NC(=O)c2ccc(C3=CSC4=NCCN34)cc2)C2CCCC2)[C@@H]2C(=O)CO[C@@H]12. The van der Waals surface area contributed by atoms with Crippen molar-refractivity contribution in [2.24, 2.45) is 16.8 Å². The molecular formula is C26H30N4O4S. The van der Waals surface area contributed by atoms with Gasteiger partial charge in [-0.2, -0.15) is 0 Å². The van der Waals surface area contributed by atoms with Gasteiger partial charge in [-0.3, -0.25) is 19.4 Å². The molecule has 1 saturated carbocycles. The predicted octanol–water partition coefficient (Wildman–Crippen LogP) is 2.51. The molecule has 184 valence electrons. The van der Waals surface area contributed by atoms with Gasteiger partial charge in [-0.05, 0) is 36.5 Å². The smallest absolute Gasteiger partial charge is 0.251 e. The molecule has 3 fully saturated rings. The number of benzene rings is 1. The summed E-state index contributed by atoms with van der Waals surface area (Å²) in [7, 11) is 0. The molecule has 0 spiro atoms. The van der Waals surface area contributed by atoms with E-state index in [4.69, 9.17) is 4.74 Å². The van der Waals surface area contributed by atoms with Crippen LogP contribution in [0.25, 0.3) is 5.70 Å². The van der Waals surface area contributed by atoms with Crippen molar-refractivity contribution in [2.45, 2.75) is 50.8 Å². The van der Waals surface area contributed by atoms with Crippen LogP contribution in [-0.4, -0.2) is 77.0 Å². The van der Waals surface area contributed by atoms with E-state index in [1.807, 2.05) is 31.2 Å². The van der Waals surface area contributed by atoms with Crippen LogP contribution in [0.15, 0.2) is 34.7 Å². The van der Waals surface area contributed by atoms with E-state index in [9.17, 15) is 14.4 Å². The number of likely N-dealkylation sites (tertiary alicyclic amines) is 1. The van der Waals surface area contributed by atoms with Gasteiger partial charge < -0.3 is 19.9 Å². The fourth-order valence-electron chi connectivity index (χ4n) is 6.13. The number of aliphatic imine (C=N–C) groups is 1. The molecule has 4 atom stereocenters. The van der Waals surface area contributed by atoms with E-state index in [-0.39, 0.29) is 42.1 Å². The predicted molar refractivity (Wildman–Crippen MR) is 134 cm³/mol. The highest BCUT2D eigenvalue weighted by atomic mass is 32.2. The van der Waals surface area contributed by atoms with Crippen molar-refractivity contribution in [1.82, 2.24) is 15.1 Å². The normalized spacial score (nSPS) is 28.7. The number of nitrogens with one attached hydrogen (secondary N) is 1. The van der Waals surface area contributed by atoms with Crippen LogP contribution in [0.3, 0.4) is 0 Å². The summed E-state index contributed by atoms with van der Waals surface area (Å²) in [5.41, 5.74) is 2.68. The Morgan fingerprint density at radius 3 is 2.74 bits per heavy atom. The molecule has 6 rings (SSSR count). The number of thioether (sulfide) groups is 1. The summed E-state index contributed by atoms with van der Waals surface area (Å²) in [5.74, 6) is -0.240. The Morgan fingerprint density at radius 2 is 1.97 bits per heavy atom. The van der Waals surface area contributed by atoms with Gasteiger partial charge in [-0.25, -0.2) is 0 Å². The fourth-order valence-corrected chi connectivity index (χ4v) is 7.10. The highest BCUT2D eigenvalue weighted by Crippen LogP contribution is 2.36. The van der Waals surface area contributed by atoms with E-state index in [0.717, 1.165) is 55.2 Å². The van der Waals surface area contributed by atoms with E-state index in [1.165, 1.54) is 0 Å². The molecule has 5 aliphatic rings. The lowest BCUT2D eigenvalue weighted by atomic mass is 9.95. The van der Waals surface area contributed by atoms with Crippen molar-refractivity contribution >= 4 is 40.2 Å². The molecule has 1 aromatic rings. The monoisotopic (exact) mass is 494 g/mol. The molecule has 4 heterocycles. The zero-order valence-corrected chi connectivity index (χ0v) is 20.6. The van der Waals surface area contributed by atoms with Crippen molar-refractivity contribution in [3.05, 3.63) is 40.8 Å². The summed E-state index contributed by atoms with van der Waals surface area (Å²) in [6.45, 7) is 4.26. The third kappa shape index (κ3) is 3.98. The van der Waals surface area contributed by atoms with Crippen LogP contribution >= 0.6 is 11.8 Å². The molecule has 0 radical (unpaired) electrons. The minimum atomic E-state index is -0.624. The van der Waals surface area contributed by atoms with Crippen molar-refractivity contribution in [3.8, 4) is 0 Å². The molecular weight excluding hydrogens is 464 g/mol. The van der Waals surface area contributed by atoms with Crippen LogP contribution in [0, 0.1) is 11.8 Å². The lowest BCUT2D eigenvalue weighted by Gasteiger charge is -2.30. The quantitative estimate of drug-likeness (QED) is 0.677. The van der Waals surface area contributed by atoms with E-state index >= 15 is 0 Å². The maximum Gasteiger partial charge on any atom is 0.251 e. The largest absolute Gasteiger partial charge is 0.367 e. The minimum Gasteiger partial charge on any atom is -0.367 e. The second kappa shape index (κ2) is 9.09. The number of nitrogens with zero attached hydrogens (tertiary/aromatic N) is 3. The molecule has 35 heavy (non-hydrogen) atoms. The van der Waals surface area contributed by atoms with Crippen LogP contribution in [0.1, 0.15) is 48.5 Å². The molecule has 0 aromatic heterocycles. The molecule has 4 aliphatic heterocycles. The maximum atomic E-state index is 13.7. The zero-order valence-electron chi connectivity index (χ0n) is 19.8. The Kier molecular flexibility index (Phi) is 5.92. The number of amidine groups is 1. The van der Waals surface area contributed by atoms with E-state index in [2.05, 4.69) is 20.6 Å². The summed E-state index contributed by atoms with van der Waals surface area (Å²) in [6.07, 6.45) is 3.69. The van der Waals surface area contributed by atoms with E-state index in [0.29, 0.717) is 12.1 Å². The Hall–Kier alpha value is -2.65. The summed E-state index contributed by atoms with van der Waals surface area (Å²) < 4.78 is 5.67. The minimum absolute atomic E-state index is 0.0367. The van der Waals surface area contributed by atoms with Crippen LogP contribution in [0.4, 0.5) is 0 Å². The molecule has 1 aromatic carbocycles. The van der Waals surface area contributed by atoms with E-state index in [1.54, 1.807) is 16.7 Å². The number of carbonyl (C=O) groups excluding carboxylic acids is 3. The van der Waals surface area contributed by atoms with Gasteiger partial charge in [0.15, 0.2) is 11.0 Å². The lowest BCUT2D eigenvalue weighted by Crippen LogP contribution is -2.54. The average Bonchev–Trinajstić information content (AvgIpc) is 3.66. The molecule has 2 saturated heterocycles. The van der Waals surface area contributed by atoms with Crippen molar-refractivity contribution in [2.75, 3.05) is 26.2 Å². The van der Waals surface area contributed by atoms with Gasteiger partial charge in [-0.1, -0.05) is 43.7 Å². The van der Waals surface area contributed by atoms with Gasteiger partial charge in [0.2, 0.25) is 5.91 Å². The summed E-state index contributed by atoms with van der Waals surface area (Å²) in [6, 6.07) is 6.40. The number of ketones is 1. The molecule has 1 unspecified atom stereocenters. The Morgan fingerprint density at radius 1 is 1.20 bits per heavy atom. The van der Waals surface area contributed by atoms with Gasteiger partial charge in [-0.15, -0.1) is 0 Å². The highest BCUT2D eigenvalue weighted by Gasteiger charge is 2.52. The summed E-state index contributed by atoms with van der Waals surface area (Å²) in [4.78, 5) is 47.9. The number of Topliss-reactive ketones (excluding diaryl/α,β-unsaturated/α-hetero) is 1. The zero-order chi connectivity index (χ0) is 24.1. The molecule has 9 heteroatoms. The molecule has 0 bridgehead atoms. The Labute approximate surface area is 209 Å². The van der Waals surface area contributed by atoms with Gasteiger partial charge in [0.05, 0.1) is 18.3 Å². The van der Waals surface area contributed by atoms with Crippen LogP contribution < -0.4 is 5.32 Å². The Balaban J connectivity index is 1.19. The Bertz CT molecular complexity index is 1110. The summed E-state index contributed by atoms with van der Waals surface area (Å²) >= 11 is 1.63. The van der Waals surface area contributed by atoms with Crippen molar-refractivity contribution in [1.29, 1.82) is 0 Å². The number of amides is 2. The first-order valence-corrected chi connectivity index (χ1v) is 13.4. The standard InChI is InChI=1S/C26H30N4O4S/c1-15-12-30(22-20(31)13-34-23(15)22)25(33)21(17-4-2-3-5-17)28-24(32)18-8-6-16(7-9-18)19-14-35-26-27-10-11-29(19)26/h6-9,14-15,17,21-23H,2-5,10-13H2,1H3,(H,28,32)/t15-,21?,22-,23+/m1/s1. The number of ether oxygens (including phenoxy) is 1. The fraction of sp³-hybridized carbons (Fsp3) is 0.538. The molecule has 1 N–H and O–H groups in total. The first-order chi connectivity index (χ1) is 17.0. The number of fused-ring (bicyclic) bond motifs is 2. The lowest BCUT2D eigenvalue weighted by molar-refractivity contribution is -0.139. The number of rotatable bonds is 5. The van der Waals surface area contributed by atoms with E-state index < -0.39 is 12.1 Å². The molecule has 2 amide bonds. The van der Waals surface area contributed by atoms with Crippen LogP contribution in [0.5, 0.6) is 0 Å².